The molecule has 0 bridgehead atoms. The third-order valence-corrected chi connectivity index (χ3v) is 5.58. The van der Waals surface area contributed by atoms with Gasteiger partial charge in [0.15, 0.2) is 5.69 Å². The number of carbonyl (C=O) groups is 2. The molecular formula is C24H26N4O4. The summed E-state index contributed by atoms with van der Waals surface area (Å²) in [4.78, 5) is 29.2. The van der Waals surface area contributed by atoms with Crippen molar-refractivity contribution in [2.24, 2.45) is 0 Å². The number of aromatic nitrogens is 2. The molecule has 1 aromatic heterocycles. The number of piperazine rings is 1. The molecule has 1 aliphatic heterocycles. The highest BCUT2D eigenvalue weighted by molar-refractivity contribution is 5.95. The van der Waals surface area contributed by atoms with Crippen molar-refractivity contribution in [1.29, 1.82) is 0 Å². The molecule has 32 heavy (non-hydrogen) atoms. The third-order valence-electron chi connectivity index (χ3n) is 5.58. The Hall–Kier alpha value is -3.81. The number of hydrogen-bond donors (Lipinski definition) is 0. The predicted molar refractivity (Wildman–Crippen MR) is 120 cm³/mol. The Balaban J connectivity index is 1.41. The van der Waals surface area contributed by atoms with E-state index in [4.69, 9.17) is 9.47 Å². The molecule has 166 valence electrons. The van der Waals surface area contributed by atoms with Gasteiger partial charge in [0.05, 0.1) is 14.2 Å². The molecule has 0 spiro atoms. The molecule has 1 aliphatic rings. The van der Waals surface area contributed by atoms with Crippen LogP contribution < -0.4 is 9.47 Å². The molecular weight excluding hydrogens is 408 g/mol. The lowest BCUT2D eigenvalue weighted by molar-refractivity contribution is 0.0532. The summed E-state index contributed by atoms with van der Waals surface area (Å²) in [7, 11) is 3.20. The molecule has 1 saturated heterocycles. The summed E-state index contributed by atoms with van der Waals surface area (Å²) < 4.78 is 12.2. The first-order chi connectivity index (χ1) is 15.5. The van der Waals surface area contributed by atoms with Gasteiger partial charge in [0, 0.05) is 37.9 Å². The summed E-state index contributed by atoms with van der Waals surface area (Å²) in [5, 5.41) is 4.48. The fraction of sp³-hybridized carbons (Fsp3) is 0.292. The topological polar surface area (TPSA) is 76.9 Å². The average molecular weight is 434 g/mol. The van der Waals surface area contributed by atoms with Crippen LogP contribution in [0.3, 0.4) is 0 Å². The van der Waals surface area contributed by atoms with Crippen LogP contribution in [0.5, 0.6) is 11.5 Å². The van der Waals surface area contributed by atoms with E-state index in [0.717, 1.165) is 11.3 Å². The normalized spacial score (nSPS) is 13.7. The van der Waals surface area contributed by atoms with Crippen molar-refractivity contribution in [2.75, 3.05) is 40.4 Å². The van der Waals surface area contributed by atoms with Crippen LogP contribution in [0.25, 0.3) is 5.69 Å². The highest BCUT2D eigenvalue weighted by Gasteiger charge is 2.27. The Bertz CT molecular complexity index is 1120. The van der Waals surface area contributed by atoms with Crippen molar-refractivity contribution in [3.05, 3.63) is 71.5 Å². The lowest BCUT2D eigenvalue weighted by Gasteiger charge is -2.34. The van der Waals surface area contributed by atoms with Crippen LogP contribution in [-0.2, 0) is 0 Å². The number of rotatable bonds is 5. The van der Waals surface area contributed by atoms with Gasteiger partial charge >= 0.3 is 0 Å². The van der Waals surface area contributed by atoms with Crippen LogP contribution >= 0.6 is 0 Å². The second-order valence-electron chi connectivity index (χ2n) is 7.63. The molecule has 0 N–H and O–H groups in total. The van der Waals surface area contributed by atoms with E-state index in [2.05, 4.69) is 5.10 Å². The van der Waals surface area contributed by atoms with Crippen LogP contribution in [0.15, 0.2) is 54.7 Å². The number of aryl methyl sites for hydroxylation is 1. The molecule has 1 fully saturated rings. The van der Waals surface area contributed by atoms with Crippen molar-refractivity contribution in [3.63, 3.8) is 0 Å². The minimum Gasteiger partial charge on any atom is -0.497 e. The molecule has 2 heterocycles. The van der Waals surface area contributed by atoms with E-state index >= 15 is 0 Å². The second-order valence-corrected chi connectivity index (χ2v) is 7.63. The number of methoxy groups -OCH3 is 2. The third kappa shape index (κ3) is 4.30. The van der Waals surface area contributed by atoms with Gasteiger partial charge in [-0.25, -0.2) is 4.68 Å². The van der Waals surface area contributed by atoms with Gasteiger partial charge in [-0.2, -0.15) is 5.10 Å². The molecule has 8 nitrogen and oxygen atoms in total. The summed E-state index contributed by atoms with van der Waals surface area (Å²) >= 11 is 0. The van der Waals surface area contributed by atoms with Gasteiger partial charge in [-0.15, -0.1) is 0 Å². The number of amides is 2. The molecule has 0 unspecified atom stereocenters. The molecule has 4 rings (SSSR count). The Morgan fingerprint density at radius 2 is 1.50 bits per heavy atom. The number of benzene rings is 2. The van der Waals surface area contributed by atoms with E-state index in [1.165, 1.54) is 0 Å². The molecule has 0 atom stereocenters. The maximum atomic E-state index is 13.0. The van der Waals surface area contributed by atoms with Crippen LogP contribution in [0.4, 0.5) is 0 Å². The van der Waals surface area contributed by atoms with E-state index in [9.17, 15) is 9.59 Å². The Labute approximate surface area is 187 Å². The predicted octanol–water partition coefficient (Wildman–Crippen LogP) is 2.80. The summed E-state index contributed by atoms with van der Waals surface area (Å²) in [5.41, 5.74) is 2.82. The number of ether oxygens (including phenoxy) is 2. The van der Waals surface area contributed by atoms with E-state index in [1.54, 1.807) is 65.2 Å². The van der Waals surface area contributed by atoms with E-state index in [1.807, 2.05) is 25.1 Å². The zero-order valence-electron chi connectivity index (χ0n) is 18.4. The molecule has 2 amide bonds. The molecule has 0 saturated carbocycles. The Morgan fingerprint density at radius 1 is 0.844 bits per heavy atom. The van der Waals surface area contributed by atoms with Gasteiger partial charge in [0.2, 0.25) is 0 Å². The SMILES string of the molecule is COc1ccc(C(=O)N2CCN(C(=O)c3ccn(-c4cc(C)ccc4OC)n3)CC2)cc1. The van der Waals surface area contributed by atoms with Crippen LogP contribution in [-0.4, -0.2) is 71.8 Å². The van der Waals surface area contributed by atoms with Crippen molar-refractivity contribution in [1.82, 2.24) is 19.6 Å². The molecule has 8 heteroatoms. The van der Waals surface area contributed by atoms with Gasteiger partial charge in [0.1, 0.15) is 17.2 Å². The lowest BCUT2D eigenvalue weighted by atomic mass is 10.1. The van der Waals surface area contributed by atoms with Gasteiger partial charge in [-0.1, -0.05) is 6.07 Å². The van der Waals surface area contributed by atoms with Crippen molar-refractivity contribution in [3.8, 4) is 17.2 Å². The number of nitrogens with zero attached hydrogens (tertiary/aromatic N) is 4. The van der Waals surface area contributed by atoms with Crippen LogP contribution in [0.2, 0.25) is 0 Å². The smallest absolute Gasteiger partial charge is 0.274 e. The van der Waals surface area contributed by atoms with Crippen LogP contribution in [0.1, 0.15) is 26.4 Å². The van der Waals surface area contributed by atoms with Gasteiger partial charge in [-0.05, 0) is 55.0 Å². The van der Waals surface area contributed by atoms with Crippen molar-refractivity contribution in [2.45, 2.75) is 6.92 Å². The van der Waals surface area contributed by atoms with E-state index in [-0.39, 0.29) is 11.8 Å². The highest BCUT2D eigenvalue weighted by Crippen LogP contribution is 2.24. The first kappa shape index (κ1) is 21.4. The minimum absolute atomic E-state index is 0.0458. The lowest BCUT2D eigenvalue weighted by Crippen LogP contribution is -2.50. The quantitative estimate of drug-likeness (QED) is 0.617. The summed E-state index contributed by atoms with van der Waals surface area (Å²) in [5.74, 6) is 1.20. The maximum Gasteiger partial charge on any atom is 0.274 e. The zero-order chi connectivity index (χ0) is 22.7. The monoisotopic (exact) mass is 434 g/mol. The number of hydrogen-bond acceptors (Lipinski definition) is 5. The summed E-state index contributed by atoms with van der Waals surface area (Å²) in [6, 6.07) is 14.6. The fourth-order valence-corrected chi connectivity index (χ4v) is 3.74. The van der Waals surface area contributed by atoms with E-state index < -0.39 is 0 Å². The zero-order valence-corrected chi connectivity index (χ0v) is 18.4. The van der Waals surface area contributed by atoms with Crippen molar-refractivity contribution >= 4 is 11.8 Å². The fourth-order valence-electron chi connectivity index (χ4n) is 3.74. The van der Waals surface area contributed by atoms with Crippen LogP contribution in [0, 0.1) is 6.92 Å². The first-order valence-electron chi connectivity index (χ1n) is 10.4. The summed E-state index contributed by atoms with van der Waals surface area (Å²) in [6.07, 6.45) is 1.76. The molecule has 0 aliphatic carbocycles. The molecule has 2 aromatic carbocycles. The minimum atomic E-state index is -0.146. The maximum absolute atomic E-state index is 13.0. The molecule has 0 radical (unpaired) electrons. The average Bonchev–Trinajstić information content (AvgIpc) is 3.33. The van der Waals surface area contributed by atoms with Gasteiger partial charge < -0.3 is 19.3 Å². The first-order valence-corrected chi connectivity index (χ1v) is 10.4. The number of carbonyl (C=O) groups excluding carboxylic acids is 2. The van der Waals surface area contributed by atoms with Gasteiger partial charge in [0.25, 0.3) is 11.8 Å². The highest BCUT2D eigenvalue weighted by atomic mass is 16.5. The van der Waals surface area contributed by atoms with E-state index in [0.29, 0.717) is 48.9 Å². The summed E-state index contributed by atoms with van der Waals surface area (Å²) in [6.45, 7) is 3.86. The Morgan fingerprint density at radius 3 is 2.12 bits per heavy atom. The molecule has 3 aromatic rings. The second kappa shape index (κ2) is 9.13. The standard InChI is InChI=1S/C24H26N4O4/c1-17-4-9-22(32-3)21(16-17)28-11-10-20(25-28)24(30)27-14-12-26(13-15-27)23(29)18-5-7-19(31-2)8-6-18/h4-11,16H,12-15H2,1-3H3. The Kier molecular flexibility index (Phi) is 6.11. The largest absolute Gasteiger partial charge is 0.497 e. The van der Waals surface area contributed by atoms with Gasteiger partial charge in [-0.3, -0.25) is 9.59 Å². The van der Waals surface area contributed by atoms with Crippen molar-refractivity contribution < 1.29 is 19.1 Å².